The van der Waals surface area contributed by atoms with E-state index in [-0.39, 0.29) is 17.3 Å². The molecule has 2 rings (SSSR count). The number of hydrogen-bond donors (Lipinski definition) is 1. The molecule has 2 atom stereocenters. The minimum absolute atomic E-state index is 0.0236. The molecule has 1 amide bonds. The number of pyridine rings is 1. The van der Waals surface area contributed by atoms with Gasteiger partial charge in [-0.2, -0.15) is 0 Å². The van der Waals surface area contributed by atoms with E-state index in [0.717, 1.165) is 25.7 Å². The van der Waals surface area contributed by atoms with E-state index in [9.17, 15) is 4.79 Å². The minimum atomic E-state index is -0.146. The second-order valence-electron chi connectivity index (χ2n) is 4.46. The van der Waals surface area contributed by atoms with E-state index in [1.54, 1.807) is 12.3 Å². The summed E-state index contributed by atoms with van der Waals surface area (Å²) >= 11 is 6.23. The number of nitrogens with zero attached hydrogens (tertiary/aromatic N) is 1. The lowest BCUT2D eigenvalue weighted by Crippen LogP contribution is -2.42. The number of aromatic nitrogens is 1. The fourth-order valence-electron chi connectivity index (χ4n) is 2.22. The Kier molecular flexibility index (Phi) is 4.42. The van der Waals surface area contributed by atoms with Gasteiger partial charge in [-0.15, -0.1) is 11.6 Å². The molecule has 1 aromatic heterocycles. The molecule has 1 aromatic rings. The summed E-state index contributed by atoms with van der Waals surface area (Å²) in [4.78, 5) is 16.1. The predicted molar refractivity (Wildman–Crippen MR) is 70.2 cm³/mol. The van der Waals surface area contributed by atoms with Gasteiger partial charge in [0.05, 0.1) is 24.2 Å². The van der Waals surface area contributed by atoms with Gasteiger partial charge in [-0.05, 0) is 18.9 Å². The molecule has 0 bridgehead atoms. The molecule has 2 unspecified atom stereocenters. The van der Waals surface area contributed by atoms with Crippen molar-refractivity contribution in [3.05, 3.63) is 24.0 Å². The predicted octanol–water partition coefficient (Wildman–Crippen LogP) is 2.37. The molecule has 1 aliphatic carbocycles. The minimum Gasteiger partial charge on any atom is -0.494 e. The maximum absolute atomic E-state index is 12.2. The van der Waals surface area contributed by atoms with Crippen LogP contribution in [0.3, 0.4) is 0 Å². The molecule has 1 aliphatic rings. The summed E-state index contributed by atoms with van der Waals surface area (Å²) < 4.78 is 5.13. The number of carbonyl (C=O) groups is 1. The van der Waals surface area contributed by atoms with Crippen LogP contribution in [0.15, 0.2) is 18.5 Å². The Balaban J connectivity index is 2.07. The lowest BCUT2D eigenvalue weighted by Gasteiger charge is -2.28. The zero-order valence-electron chi connectivity index (χ0n) is 10.4. The second kappa shape index (κ2) is 6.05. The highest BCUT2D eigenvalue weighted by Gasteiger charge is 2.25. The molecule has 0 spiro atoms. The Bertz CT molecular complexity index is 425. The average molecular weight is 269 g/mol. The van der Waals surface area contributed by atoms with Crippen molar-refractivity contribution < 1.29 is 9.53 Å². The highest BCUT2D eigenvalue weighted by Crippen LogP contribution is 2.24. The SMILES string of the molecule is COc1cnccc1C(=O)NC1CCCCC1Cl. The molecule has 98 valence electrons. The van der Waals surface area contributed by atoms with Gasteiger partial charge >= 0.3 is 0 Å². The van der Waals surface area contributed by atoms with E-state index >= 15 is 0 Å². The third kappa shape index (κ3) is 2.93. The Morgan fingerprint density at radius 1 is 1.50 bits per heavy atom. The topological polar surface area (TPSA) is 51.2 Å². The molecule has 5 heteroatoms. The first kappa shape index (κ1) is 13.1. The van der Waals surface area contributed by atoms with E-state index in [1.807, 2.05) is 0 Å². The van der Waals surface area contributed by atoms with Gasteiger partial charge in [-0.25, -0.2) is 0 Å². The lowest BCUT2D eigenvalue weighted by atomic mass is 9.94. The molecule has 1 fully saturated rings. The molecular formula is C13H17ClN2O2. The molecular weight excluding hydrogens is 252 g/mol. The van der Waals surface area contributed by atoms with Crippen molar-refractivity contribution in [3.63, 3.8) is 0 Å². The van der Waals surface area contributed by atoms with Crippen LogP contribution in [0.4, 0.5) is 0 Å². The molecule has 0 aliphatic heterocycles. The molecule has 1 N–H and O–H groups in total. The van der Waals surface area contributed by atoms with Crippen molar-refractivity contribution in [2.24, 2.45) is 0 Å². The summed E-state index contributed by atoms with van der Waals surface area (Å²) in [6, 6.07) is 1.70. The number of halogens is 1. The van der Waals surface area contributed by atoms with Crippen LogP contribution in [0.5, 0.6) is 5.75 Å². The van der Waals surface area contributed by atoms with Crippen LogP contribution >= 0.6 is 11.6 Å². The van der Waals surface area contributed by atoms with E-state index in [4.69, 9.17) is 16.3 Å². The van der Waals surface area contributed by atoms with Crippen LogP contribution in [0.2, 0.25) is 0 Å². The number of carbonyl (C=O) groups excluding carboxylic acids is 1. The Labute approximate surface area is 112 Å². The van der Waals surface area contributed by atoms with Crippen molar-refractivity contribution in [1.29, 1.82) is 0 Å². The second-order valence-corrected chi connectivity index (χ2v) is 5.02. The first-order valence-corrected chi connectivity index (χ1v) is 6.59. The van der Waals surface area contributed by atoms with Crippen molar-refractivity contribution >= 4 is 17.5 Å². The van der Waals surface area contributed by atoms with Crippen LogP contribution in [-0.2, 0) is 0 Å². The average Bonchev–Trinajstić information content (AvgIpc) is 2.41. The summed E-state index contributed by atoms with van der Waals surface area (Å²) in [6.45, 7) is 0. The van der Waals surface area contributed by atoms with Gasteiger partial charge < -0.3 is 10.1 Å². The fourth-order valence-corrected chi connectivity index (χ4v) is 2.57. The number of ether oxygens (including phenoxy) is 1. The Hall–Kier alpha value is -1.29. The number of alkyl halides is 1. The summed E-state index contributed by atoms with van der Waals surface area (Å²) in [6.07, 6.45) is 7.26. The number of methoxy groups -OCH3 is 1. The molecule has 0 aromatic carbocycles. The van der Waals surface area contributed by atoms with E-state index in [0.29, 0.717) is 11.3 Å². The quantitative estimate of drug-likeness (QED) is 0.857. The molecule has 1 heterocycles. The van der Waals surface area contributed by atoms with Crippen molar-refractivity contribution in [2.75, 3.05) is 7.11 Å². The third-order valence-corrected chi connectivity index (χ3v) is 3.77. The zero-order chi connectivity index (χ0) is 13.0. The lowest BCUT2D eigenvalue weighted by molar-refractivity contribution is 0.0925. The van der Waals surface area contributed by atoms with Crippen LogP contribution < -0.4 is 10.1 Å². The summed E-state index contributed by atoms with van der Waals surface area (Å²) in [5.74, 6) is 0.337. The molecule has 0 saturated heterocycles. The normalized spacial score (nSPS) is 23.4. The Morgan fingerprint density at radius 3 is 3.00 bits per heavy atom. The van der Waals surface area contributed by atoms with E-state index < -0.39 is 0 Å². The largest absolute Gasteiger partial charge is 0.494 e. The fraction of sp³-hybridized carbons (Fsp3) is 0.538. The standard InChI is InChI=1S/C13H17ClN2O2/c1-18-12-8-15-7-6-9(12)13(17)16-11-5-3-2-4-10(11)14/h6-8,10-11H,2-5H2,1H3,(H,16,17). The highest BCUT2D eigenvalue weighted by atomic mass is 35.5. The molecule has 0 radical (unpaired) electrons. The zero-order valence-corrected chi connectivity index (χ0v) is 11.1. The van der Waals surface area contributed by atoms with Crippen molar-refractivity contribution in [1.82, 2.24) is 10.3 Å². The van der Waals surface area contributed by atoms with Gasteiger partial charge in [0.25, 0.3) is 5.91 Å². The van der Waals surface area contributed by atoms with Crippen LogP contribution in [0.25, 0.3) is 0 Å². The summed E-state index contributed by atoms with van der Waals surface area (Å²) in [5, 5.41) is 3.00. The van der Waals surface area contributed by atoms with Gasteiger partial charge in [0.15, 0.2) is 0 Å². The van der Waals surface area contributed by atoms with Gasteiger partial charge in [0.2, 0.25) is 0 Å². The first-order chi connectivity index (χ1) is 8.72. The van der Waals surface area contributed by atoms with Crippen molar-refractivity contribution in [2.45, 2.75) is 37.1 Å². The number of nitrogens with one attached hydrogen (secondary N) is 1. The molecule has 1 saturated carbocycles. The van der Waals surface area contributed by atoms with E-state index in [2.05, 4.69) is 10.3 Å². The number of amides is 1. The van der Waals surface area contributed by atoms with Gasteiger partial charge in [0.1, 0.15) is 5.75 Å². The van der Waals surface area contributed by atoms with E-state index in [1.165, 1.54) is 13.3 Å². The summed E-state index contributed by atoms with van der Waals surface area (Å²) in [7, 11) is 1.53. The van der Waals surface area contributed by atoms with Gasteiger partial charge in [-0.1, -0.05) is 12.8 Å². The monoisotopic (exact) mass is 268 g/mol. The maximum Gasteiger partial charge on any atom is 0.255 e. The van der Waals surface area contributed by atoms with Crippen LogP contribution in [0, 0.1) is 0 Å². The number of hydrogen-bond acceptors (Lipinski definition) is 3. The maximum atomic E-state index is 12.2. The van der Waals surface area contributed by atoms with Gasteiger partial charge in [0, 0.05) is 12.2 Å². The Morgan fingerprint density at radius 2 is 2.28 bits per heavy atom. The highest BCUT2D eigenvalue weighted by molar-refractivity contribution is 6.21. The van der Waals surface area contributed by atoms with Gasteiger partial charge in [-0.3, -0.25) is 9.78 Å². The number of rotatable bonds is 3. The van der Waals surface area contributed by atoms with Crippen LogP contribution in [0.1, 0.15) is 36.0 Å². The first-order valence-electron chi connectivity index (χ1n) is 6.15. The molecule has 18 heavy (non-hydrogen) atoms. The third-order valence-electron chi connectivity index (χ3n) is 3.25. The van der Waals surface area contributed by atoms with Crippen molar-refractivity contribution in [3.8, 4) is 5.75 Å². The van der Waals surface area contributed by atoms with Crippen LogP contribution in [-0.4, -0.2) is 29.4 Å². The smallest absolute Gasteiger partial charge is 0.255 e. The molecule has 4 nitrogen and oxygen atoms in total. The summed E-state index contributed by atoms with van der Waals surface area (Å²) in [5.41, 5.74) is 0.502.